The summed E-state index contributed by atoms with van der Waals surface area (Å²) in [6.07, 6.45) is 0.117. The van der Waals surface area contributed by atoms with Gasteiger partial charge in [-0.15, -0.1) is 0 Å². The van der Waals surface area contributed by atoms with Crippen LogP contribution in [0.3, 0.4) is 0 Å². The van der Waals surface area contributed by atoms with E-state index in [1.165, 1.54) is 12.0 Å². The Hall–Kier alpha value is -2.24. The van der Waals surface area contributed by atoms with Crippen molar-refractivity contribution in [1.82, 2.24) is 0 Å². The molecule has 1 heterocycles. The molecule has 1 atom stereocenters. The van der Waals surface area contributed by atoms with Gasteiger partial charge < -0.3 is 15.0 Å². The summed E-state index contributed by atoms with van der Waals surface area (Å²) in [5.41, 5.74) is 1.09. The zero-order chi connectivity index (χ0) is 18.0. The van der Waals surface area contributed by atoms with Crippen molar-refractivity contribution >= 4 is 46.4 Å². The summed E-state index contributed by atoms with van der Waals surface area (Å²) in [4.78, 5) is 26.4. The minimum atomic E-state index is -0.479. The molecule has 0 aliphatic carbocycles. The highest BCUT2D eigenvalue weighted by atomic mass is 35.5. The molecule has 0 bridgehead atoms. The van der Waals surface area contributed by atoms with E-state index in [1.807, 2.05) is 0 Å². The Morgan fingerprint density at radius 1 is 1.24 bits per heavy atom. The Labute approximate surface area is 155 Å². The van der Waals surface area contributed by atoms with E-state index < -0.39 is 5.92 Å². The molecule has 1 fully saturated rings. The average Bonchev–Trinajstić information content (AvgIpc) is 2.98. The molecule has 2 aromatic carbocycles. The molecule has 5 nitrogen and oxygen atoms in total. The van der Waals surface area contributed by atoms with Crippen LogP contribution in [-0.4, -0.2) is 25.5 Å². The van der Waals surface area contributed by atoms with Crippen LogP contribution in [-0.2, 0) is 9.59 Å². The number of carbonyl (C=O) groups is 2. The molecular formula is C18H16Cl2N2O3. The lowest BCUT2D eigenvalue weighted by Crippen LogP contribution is -2.28. The van der Waals surface area contributed by atoms with Crippen LogP contribution >= 0.6 is 23.2 Å². The van der Waals surface area contributed by atoms with Gasteiger partial charge in [0.1, 0.15) is 5.75 Å². The van der Waals surface area contributed by atoms with Crippen LogP contribution in [0.2, 0.25) is 10.0 Å². The van der Waals surface area contributed by atoms with E-state index in [1.54, 1.807) is 42.5 Å². The Morgan fingerprint density at radius 3 is 2.72 bits per heavy atom. The summed E-state index contributed by atoms with van der Waals surface area (Å²) < 4.78 is 5.30. The number of carbonyl (C=O) groups excluding carboxylic acids is 2. The molecule has 1 N–H and O–H groups in total. The van der Waals surface area contributed by atoms with Crippen LogP contribution in [0.15, 0.2) is 42.5 Å². The molecule has 2 aromatic rings. The lowest BCUT2D eigenvalue weighted by molar-refractivity contribution is -0.122. The summed E-state index contributed by atoms with van der Waals surface area (Å²) in [5, 5.41) is 3.72. The summed E-state index contributed by atoms with van der Waals surface area (Å²) in [7, 11) is 1.52. The third kappa shape index (κ3) is 3.72. The Balaban J connectivity index is 1.78. The molecule has 7 heteroatoms. The molecule has 2 amide bonds. The fourth-order valence-corrected chi connectivity index (χ4v) is 3.14. The molecule has 1 saturated heterocycles. The predicted molar refractivity (Wildman–Crippen MR) is 98.5 cm³/mol. The molecule has 0 spiro atoms. The van der Waals surface area contributed by atoms with Gasteiger partial charge >= 0.3 is 0 Å². The maximum Gasteiger partial charge on any atom is 0.229 e. The van der Waals surface area contributed by atoms with E-state index in [2.05, 4.69) is 5.32 Å². The highest BCUT2D eigenvalue weighted by Crippen LogP contribution is 2.35. The highest BCUT2D eigenvalue weighted by molar-refractivity contribution is 6.33. The first kappa shape index (κ1) is 17.6. The van der Waals surface area contributed by atoms with E-state index in [0.717, 1.165) is 0 Å². The molecule has 0 unspecified atom stereocenters. The standard InChI is InChI=1S/C18H16Cl2N2O3/c1-25-16-7-6-12(19)9-15(16)22-10-11(8-17(22)23)18(24)21-14-5-3-2-4-13(14)20/h2-7,9,11H,8,10H2,1H3,(H,21,24)/t11-/m1/s1. The van der Waals surface area contributed by atoms with Gasteiger partial charge in [-0.2, -0.15) is 0 Å². The van der Waals surface area contributed by atoms with Crippen LogP contribution in [0, 0.1) is 5.92 Å². The monoisotopic (exact) mass is 378 g/mol. The van der Waals surface area contributed by atoms with Crippen molar-refractivity contribution in [2.45, 2.75) is 6.42 Å². The highest BCUT2D eigenvalue weighted by Gasteiger charge is 2.36. The van der Waals surface area contributed by atoms with Crippen molar-refractivity contribution in [1.29, 1.82) is 0 Å². The summed E-state index contributed by atoms with van der Waals surface area (Å²) in [5.74, 6) is -0.345. The van der Waals surface area contributed by atoms with Gasteiger partial charge in [-0.3, -0.25) is 9.59 Å². The number of nitrogens with zero attached hydrogens (tertiary/aromatic N) is 1. The zero-order valence-corrected chi connectivity index (χ0v) is 15.0. The second kappa shape index (κ2) is 7.33. The molecule has 0 saturated carbocycles. The van der Waals surface area contributed by atoms with Crippen LogP contribution < -0.4 is 15.0 Å². The third-order valence-electron chi connectivity index (χ3n) is 4.06. The van der Waals surface area contributed by atoms with Gasteiger partial charge in [-0.25, -0.2) is 0 Å². The molecule has 130 valence electrons. The normalized spacial score (nSPS) is 16.8. The molecule has 3 rings (SSSR count). The van der Waals surface area contributed by atoms with Crippen LogP contribution in [0.4, 0.5) is 11.4 Å². The van der Waals surface area contributed by atoms with Crippen molar-refractivity contribution in [3.63, 3.8) is 0 Å². The Bertz CT molecular complexity index is 826. The molecule has 1 aliphatic rings. The number of methoxy groups -OCH3 is 1. The Kier molecular flexibility index (Phi) is 5.16. The van der Waals surface area contributed by atoms with E-state index >= 15 is 0 Å². The van der Waals surface area contributed by atoms with Gasteiger partial charge in [-0.1, -0.05) is 35.3 Å². The van der Waals surface area contributed by atoms with Crippen molar-refractivity contribution in [3.8, 4) is 5.75 Å². The lowest BCUT2D eigenvalue weighted by Gasteiger charge is -2.20. The Morgan fingerprint density at radius 2 is 2.00 bits per heavy atom. The second-order valence-electron chi connectivity index (χ2n) is 5.69. The number of halogens is 2. The first-order chi connectivity index (χ1) is 12.0. The maximum absolute atomic E-state index is 12.5. The number of rotatable bonds is 4. The fourth-order valence-electron chi connectivity index (χ4n) is 2.79. The number of amides is 2. The van der Waals surface area contributed by atoms with Gasteiger partial charge in [0.15, 0.2) is 0 Å². The van der Waals surface area contributed by atoms with Crippen molar-refractivity contribution in [2.75, 3.05) is 23.9 Å². The number of nitrogens with one attached hydrogen (secondary N) is 1. The second-order valence-corrected chi connectivity index (χ2v) is 6.53. The minimum Gasteiger partial charge on any atom is -0.495 e. The number of benzene rings is 2. The predicted octanol–water partition coefficient (Wildman–Crippen LogP) is 3.99. The first-order valence-electron chi connectivity index (χ1n) is 7.69. The quantitative estimate of drug-likeness (QED) is 0.874. The minimum absolute atomic E-state index is 0.117. The number of hydrogen-bond acceptors (Lipinski definition) is 3. The molecule has 25 heavy (non-hydrogen) atoms. The lowest BCUT2D eigenvalue weighted by atomic mass is 10.1. The van der Waals surface area contributed by atoms with Gasteiger partial charge in [0.2, 0.25) is 11.8 Å². The molecule has 0 aromatic heterocycles. The third-order valence-corrected chi connectivity index (χ3v) is 4.62. The van der Waals surface area contributed by atoms with Crippen molar-refractivity contribution in [2.24, 2.45) is 5.92 Å². The number of para-hydroxylation sites is 1. The largest absolute Gasteiger partial charge is 0.495 e. The summed E-state index contributed by atoms with van der Waals surface area (Å²) in [6.45, 7) is 0.256. The smallest absolute Gasteiger partial charge is 0.229 e. The van der Waals surface area contributed by atoms with Crippen LogP contribution in [0.1, 0.15) is 6.42 Å². The SMILES string of the molecule is COc1ccc(Cl)cc1N1C[C@H](C(=O)Nc2ccccc2Cl)CC1=O. The van der Waals surface area contributed by atoms with Crippen molar-refractivity contribution in [3.05, 3.63) is 52.5 Å². The summed E-state index contributed by atoms with van der Waals surface area (Å²) >= 11 is 12.1. The maximum atomic E-state index is 12.5. The van der Waals surface area contributed by atoms with Gasteiger partial charge in [0, 0.05) is 18.0 Å². The van der Waals surface area contributed by atoms with E-state index in [0.29, 0.717) is 27.2 Å². The molecule has 1 aliphatic heterocycles. The van der Waals surface area contributed by atoms with Crippen LogP contribution in [0.5, 0.6) is 5.75 Å². The average molecular weight is 379 g/mol. The van der Waals surface area contributed by atoms with Gasteiger partial charge in [0.25, 0.3) is 0 Å². The number of ether oxygens (including phenoxy) is 1. The zero-order valence-electron chi connectivity index (χ0n) is 13.5. The van der Waals surface area contributed by atoms with E-state index in [4.69, 9.17) is 27.9 Å². The van der Waals surface area contributed by atoms with Gasteiger partial charge in [-0.05, 0) is 30.3 Å². The number of hydrogen-bond donors (Lipinski definition) is 1. The summed E-state index contributed by atoms with van der Waals surface area (Å²) in [6, 6.07) is 12.0. The van der Waals surface area contributed by atoms with E-state index in [9.17, 15) is 9.59 Å². The van der Waals surface area contributed by atoms with Crippen molar-refractivity contribution < 1.29 is 14.3 Å². The topological polar surface area (TPSA) is 58.6 Å². The number of anilines is 2. The van der Waals surface area contributed by atoms with E-state index in [-0.39, 0.29) is 24.8 Å². The molecule has 0 radical (unpaired) electrons. The first-order valence-corrected chi connectivity index (χ1v) is 8.44. The van der Waals surface area contributed by atoms with Gasteiger partial charge in [0.05, 0.1) is 29.4 Å². The molecular weight excluding hydrogens is 363 g/mol. The fraction of sp³-hybridized carbons (Fsp3) is 0.222. The van der Waals surface area contributed by atoms with Crippen LogP contribution in [0.25, 0.3) is 0 Å².